The van der Waals surface area contributed by atoms with Crippen molar-refractivity contribution in [2.75, 3.05) is 6.61 Å². The van der Waals surface area contributed by atoms with Crippen LogP contribution in [-0.2, 0) is 0 Å². The number of aliphatic hydroxyl groups is 3. The largest absolute Gasteiger partial charge is 0.395 e. The van der Waals surface area contributed by atoms with Crippen molar-refractivity contribution in [3.63, 3.8) is 0 Å². The highest BCUT2D eigenvalue weighted by atomic mass is 32.2. The van der Waals surface area contributed by atoms with Crippen molar-refractivity contribution in [2.24, 2.45) is 0 Å². The average molecular weight is 298 g/mol. The molecule has 1 aromatic rings. The molecular weight excluding hydrogens is 284 g/mol. The Balaban J connectivity index is 2.47. The first kappa shape index (κ1) is 14.9. The molecular formula is C12H14N2O5S. The molecule has 0 spiro atoms. The van der Waals surface area contributed by atoms with E-state index in [-0.39, 0.29) is 12.2 Å². The van der Waals surface area contributed by atoms with Gasteiger partial charge in [0.05, 0.1) is 18.0 Å². The van der Waals surface area contributed by atoms with Crippen molar-refractivity contribution in [3.8, 4) is 11.8 Å². The molecule has 0 aromatic carbocycles. The lowest BCUT2D eigenvalue weighted by Gasteiger charge is -2.17. The Kier molecular flexibility index (Phi) is 4.35. The number of H-pyrrole nitrogens is 1. The summed E-state index contributed by atoms with van der Waals surface area (Å²) in [6.45, 7) is 1.23. The number of rotatable bonds is 2. The number of aliphatic hydroxyl groups excluding tert-OH is 3. The predicted molar refractivity (Wildman–Crippen MR) is 73.4 cm³/mol. The van der Waals surface area contributed by atoms with E-state index < -0.39 is 34.1 Å². The van der Waals surface area contributed by atoms with Gasteiger partial charge >= 0.3 is 5.69 Å². The molecule has 1 aliphatic rings. The Bertz CT molecular complexity index is 671. The van der Waals surface area contributed by atoms with E-state index in [9.17, 15) is 19.8 Å². The molecule has 8 heteroatoms. The van der Waals surface area contributed by atoms with Crippen LogP contribution in [0, 0.1) is 11.8 Å². The van der Waals surface area contributed by atoms with Gasteiger partial charge in [-0.25, -0.2) is 4.79 Å². The molecule has 1 aliphatic heterocycles. The summed E-state index contributed by atoms with van der Waals surface area (Å²) in [5, 5.41) is 27.5. The molecule has 0 saturated carbocycles. The smallest absolute Gasteiger partial charge is 0.329 e. The van der Waals surface area contributed by atoms with Crippen molar-refractivity contribution in [3.05, 3.63) is 32.6 Å². The van der Waals surface area contributed by atoms with Gasteiger partial charge in [0.15, 0.2) is 0 Å². The van der Waals surface area contributed by atoms with Gasteiger partial charge in [-0.2, -0.15) is 0 Å². The monoisotopic (exact) mass is 298 g/mol. The van der Waals surface area contributed by atoms with Crippen molar-refractivity contribution < 1.29 is 15.3 Å². The zero-order valence-corrected chi connectivity index (χ0v) is 11.4. The second kappa shape index (κ2) is 5.85. The highest BCUT2D eigenvalue weighted by Crippen LogP contribution is 2.40. The predicted octanol–water partition coefficient (Wildman–Crippen LogP) is -1.76. The van der Waals surface area contributed by atoms with Gasteiger partial charge in [0, 0.05) is 6.20 Å². The van der Waals surface area contributed by atoms with Gasteiger partial charge in [0.25, 0.3) is 5.56 Å². The van der Waals surface area contributed by atoms with E-state index in [1.54, 1.807) is 6.92 Å². The Morgan fingerprint density at radius 1 is 1.40 bits per heavy atom. The molecule has 0 unspecified atom stereocenters. The molecule has 0 radical (unpaired) electrons. The van der Waals surface area contributed by atoms with E-state index in [4.69, 9.17) is 5.11 Å². The van der Waals surface area contributed by atoms with Crippen molar-refractivity contribution in [1.29, 1.82) is 0 Å². The van der Waals surface area contributed by atoms with Gasteiger partial charge in [-0.1, -0.05) is 5.92 Å². The second-order valence-electron chi connectivity index (χ2n) is 4.31. The minimum absolute atomic E-state index is 0.0989. The Labute approximate surface area is 118 Å². The number of aromatic nitrogens is 2. The third-order valence-electron chi connectivity index (χ3n) is 3.02. The normalized spacial score (nSPS) is 29.0. The first-order valence-corrected chi connectivity index (χ1v) is 6.84. The minimum Gasteiger partial charge on any atom is -0.395 e. The number of hydrogen-bond acceptors (Lipinski definition) is 6. The number of aromatic amines is 1. The standard InChI is InChI=1S/C12H14N2O5S/c1-2-3-6-4-14(12(19)13-10(6)18)11-9(17)8(16)7(5-15)20-11/h4,7-9,11,15-17H,5H2,1H3,(H,13,18,19)/t7-,8-,9+,11-/m1/s1. The quantitative estimate of drug-likeness (QED) is 0.481. The van der Waals surface area contributed by atoms with Crippen LogP contribution in [0.2, 0.25) is 0 Å². The van der Waals surface area contributed by atoms with Gasteiger partial charge < -0.3 is 15.3 Å². The van der Waals surface area contributed by atoms with E-state index in [2.05, 4.69) is 16.8 Å². The summed E-state index contributed by atoms with van der Waals surface area (Å²) < 4.78 is 1.12. The van der Waals surface area contributed by atoms with Crippen LogP contribution >= 0.6 is 11.8 Å². The summed E-state index contributed by atoms with van der Waals surface area (Å²) in [5.74, 6) is 5.12. The molecule has 1 aromatic heterocycles. The number of nitrogens with one attached hydrogen (secondary N) is 1. The molecule has 0 amide bonds. The zero-order valence-electron chi connectivity index (χ0n) is 10.6. The molecule has 1 fully saturated rings. The topological polar surface area (TPSA) is 116 Å². The number of hydrogen-bond donors (Lipinski definition) is 4. The Morgan fingerprint density at radius 3 is 2.65 bits per heavy atom. The lowest BCUT2D eigenvalue weighted by Crippen LogP contribution is -2.38. The van der Waals surface area contributed by atoms with Gasteiger partial charge in [-0.15, -0.1) is 17.7 Å². The molecule has 108 valence electrons. The Hall–Kier alpha value is -1.53. The van der Waals surface area contributed by atoms with Crippen LogP contribution in [0.25, 0.3) is 0 Å². The maximum atomic E-state index is 11.8. The van der Waals surface area contributed by atoms with Crippen LogP contribution in [0.15, 0.2) is 15.8 Å². The van der Waals surface area contributed by atoms with Crippen LogP contribution in [0.4, 0.5) is 0 Å². The second-order valence-corrected chi connectivity index (χ2v) is 5.67. The highest BCUT2D eigenvalue weighted by molar-refractivity contribution is 8.00. The lowest BCUT2D eigenvalue weighted by atomic mass is 10.1. The summed E-state index contributed by atoms with van der Waals surface area (Å²) >= 11 is 1.07. The number of thioether (sulfide) groups is 1. The van der Waals surface area contributed by atoms with Crippen LogP contribution < -0.4 is 11.2 Å². The van der Waals surface area contributed by atoms with Crippen molar-refractivity contribution in [1.82, 2.24) is 9.55 Å². The fourth-order valence-electron chi connectivity index (χ4n) is 2.01. The molecule has 1 saturated heterocycles. The van der Waals surface area contributed by atoms with E-state index in [1.165, 1.54) is 6.20 Å². The molecule has 4 N–H and O–H groups in total. The van der Waals surface area contributed by atoms with E-state index >= 15 is 0 Å². The Morgan fingerprint density at radius 2 is 2.10 bits per heavy atom. The van der Waals surface area contributed by atoms with Gasteiger partial charge in [0.2, 0.25) is 0 Å². The molecule has 0 aliphatic carbocycles. The SMILES string of the molecule is CC#Cc1cn([C@@H]2S[C@H](CO)[C@@H](O)[C@@H]2O)c(=O)[nH]c1=O. The summed E-state index contributed by atoms with van der Waals surface area (Å²) in [6, 6.07) is 0. The first-order valence-electron chi connectivity index (χ1n) is 5.90. The third-order valence-corrected chi connectivity index (χ3v) is 4.58. The fraction of sp³-hybridized carbons (Fsp3) is 0.500. The van der Waals surface area contributed by atoms with Gasteiger partial charge in [-0.05, 0) is 6.92 Å². The summed E-state index contributed by atoms with van der Waals surface area (Å²) in [4.78, 5) is 25.5. The molecule has 7 nitrogen and oxygen atoms in total. The lowest BCUT2D eigenvalue weighted by molar-refractivity contribution is 0.0101. The molecule has 2 heterocycles. The molecule has 20 heavy (non-hydrogen) atoms. The van der Waals surface area contributed by atoms with E-state index in [0.29, 0.717) is 0 Å². The van der Waals surface area contributed by atoms with Gasteiger partial charge in [0.1, 0.15) is 17.0 Å². The van der Waals surface area contributed by atoms with E-state index in [0.717, 1.165) is 16.3 Å². The zero-order chi connectivity index (χ0) is 14.9. The molecule has 2 rings (SSSR count). The number of nitrogens with zero attached hydrogens (tertiary/aromatic N) is 1. The third kappa shape index (κ3) is 2.53. The van der Waals surface area contributed by atoms with Crippen molar-refractivity contribution in [2.45, 2.75) is 29.8 Å². The van der Waals surface area contributed by atoms with Crippen LogP contribution in [0.1, 0.15) is 17.9 Å². The fourth-order valence-corrected chi connectivity index (χ4v) is 3.38. The van der Waals surface area contributed by atoms with Crippen LogP contribution in [-0.4, -0.2) is 48.9 Å². The first-order chi connectivity index (χ1) is 9.49. The average Bonchev–Trinajstić information content (AvgIpc) is 2.70. The highest BCUT2D eigenvalue weighted by Gasteiger charge is 2.43. The molecule has 4 atom stereocenters. The van der Waals surface area contributed by atoms with E-state index in [1.807, 2.05) is 0 Å². The van der Waals surface area contributed by atoms with Crippen LogP contribution in [0.3, 0.4) is 0 Å². The van der Waals surface area contributed by atoms with Crippen LogP contribution in [0.5, 0.6) is 0 Å². The molecule has 0 bridgehead atoms. The summed E-state index contributed by atoms with van der Waals surface area (Å²) in [5.41, 5.74) is -1.20. The summed E-state index contributed by atoms with van der Waals surface area (Å²) in [6.07, 6.45) is -1.11. The summed E-state index contributed by atoms with van der Waals surface area (Å²) in [7, 11) is 0. The maximum absolute atomic E-state index is 11.8. The van der Waals surface area contributed by atoms with Crippen molar-refractivity contribution >= 4 is 11.8 Å². The van der Waals surface area contributed by atoms with Gasteiger partial charge in [-0.3, -0.25) is 14.3 Å². The minimum atomic E-state index is -1.22. The maximum Gasteiger partial charge on any atom is 0.329 e.